The molecule has 1 aromatic heterocycles. The number of aromatic nitrogens is 2. The van der Waals surface area contributed by atoms with E-state index in [1.54, 1.807) is 0 Å². The third-order valence-corrected chi connectivity index (χ3v) is 3.64. The Morgan fingerprint density at radius 3 is 2.54 bits per heavy atom. The van der Waals surface area contributed by atoms with Crippen LogP contribution in [0, 0.1) is 0 Å². The Morgan fingerprint density at radius 2 is 1.83 bits per heavy atom. The maximum atomic E-state index is 6.18. The predicted molar refractivity (Wildman–Crippen MR) is 92.6 cm³/mol. The van der Waals surface area contributed by atoms with Crippen LogP contribution in [0.1, 0.15) is 30.8 Å². The van der Waals surface area contributed by atoms with Gasteiger partial charge in [-0.15, -0.1) is 0 Å². The van der Waals surface area contributed by atoms with Crippen LogP contribution in [0.5, 0.6) is 5.75 Å². The van der Waals surface area contributed by atoms with Gasteiger partial charge in [-0.1, -0.05) is 42.4 Å². The highest BCUT2D eigenvalue weighted by Gasteiger charge is 2.16. The van der Waals surface area contributed by atoms with Gasteiger partial charge >= 0.3 is 0 Å². The van der Waals surface area contributed by atoms with E-state index in [1.807, 2.05) is 54.6 Å². The van der Waals surface area contributed by atoms with E-state index in [9.17, 15) is 0 Å². The van der Waals surface area contributed by atoms with Gasteiger partial charge in [-0.25, -0.2) is 0 Å². The van der Waals surface area contributed by atoms with E-state index in [1.165, 1.54) is 0 Å². The van der Waals surface area contributed by atoms with Crippen LogP contribution in [0.15, 0.2) is 59.1 Å². The van der Waals surface area contributed by atoms with Crippen molar-refractivity contribution in [3.05, 3.63) is 66.1 Å². The van der Waals surface area contributed by atoms with E-state index in [2.05, 4.69) is 17.1 Å². The zero-order valence-corrected chi connectivity index (χ0v) is 13.7. The third kappa shape index (κ3) is 4.00. The number of nitrogens with zero attached hydrogens (tertiary/aromatic N) is 2. The number of ether oxygens (including phenoxy) is 1. The zero-order chi connectivity index (χ0) is 16.8. The standard InChI is InChI=1S/C19H21N3O2/c1-2-12-23-16-10-8-15(9-11-16)18-21-19(24-22-18)17(20)13-14-6-4-3-5-7-14/h3-11,17H,2,12-13,20H2,1H3. The molecular weight excluding hydrogens is 302 g/mol. The highest BCUT2D eigenvalue weighted by molar-refractivity contribution is 5.55. The van der Waals surface area contributed by atoms with Crippen molar-refractivity contribution in [2.45, 2.75) is 25.8 Å². The first-order valence-electron chi connectivity index (χ1n) is 8.12. The minimum absolute atomic E-state index is 0.319. The first-order valence-corrected chi connectivity index (χ1v) is 8.12. The third-order valence-electron chi connectivity index (χ3n) is 3.64. The number of benzene rings is 2. The molecule has 5 nitrogen and oxygen atoms in total. The monoisotopic (exact) mass is 323 g/mol. The molecule has 0 fully saturated rings. The van der Waals surface area contributed by atoms with Crippen molar-refractivity contribution in [1.29, 1.82) is 0 Å². The highest BCUT2D eigenvalue weighted by atomic mass is 16.5. The maximum absolute atomic E-state index is 6.18. The van der Waals surface area contributed by atoms with Gasteiger partial charge in [0.05, 0.1) is 12.6 Å². The van der Waals surface area contributed by atoms with Gasteiger partial charge in [-0.3, -0.25) is 0 Å². The summed E-state index contributed by atoms with van der Waals surface area (Å²) in [5.74, 6) is 1.82. The maximum Gasteiger partial charge on any atom is 0.244 e. The Labute approximate surface area is 141 Å². The normalized spacial score (nSPS) is 12.1. The van der Waals surface area contributed by atoms with Crippen LogP contribution in [-0.4, -0.2) is 16.7 Å². The van der Waals surface area contributed by atoms with Gasteiger partial charge in [-0.2, -0.15) is 4.98 Å². The van der Waals surface area contributed by atoms with Crippen molar-refractivity contribution in [3.8, 4) is 17.1 Å². The Morgan fingerprint density at radius 1 is 1.08 bits per heavy atom. The van der Waals surface area contributed by atoms with Crippen molar-refractivity contribution in [3.63, 3.8) is 0 Å². The lowest BCUT2D eigenvalue weighted by atomic mass is 10.1. The molecule has 0 aliphatic carbocycles. The van der Waals surface area contributed by atoms with Crippen LogP contribution in [0.25, 0.3) is 11.4 Å². The second kappa shape index (κ2) is 7.75. The molecule has 5 heteroatoms. The molecule has 0 bridgehead atoms. The molecule has 0 spiro atoms. The van der Waals surface area contributed by atoms with Crippen LogP contribution in [0.2, 0.25) is 0 Å². The SMILES string of the molecule is CCCOc1ccc(-c2noc(C(N)Cc3ccccc3)n2)cc1. The smallest absolute Gasteiger partial charge is 0.244 e. The van der Waals surface area contributed by atoms with Gasteiger partial charge in [0.2, 0.25) is 11.7 Å². The lowest BCUT2D eigenvalue weighted by molar-refractivity contribution is 0.317. The molecule has 2 N–H and O–H groups in total. The van der Waals surface area contributed by atoms with Crippen LogP contribution < -0.4 is 10.5 Å². The lowest BCUT2D eigenvalue weighted by Crippen LogP contribution is -2.13. The summed E-state index contributed by atoms with van der Waals surface area (Å²) in [5, 5.41) is 4.03. The largest absolute Gasteiger partial charge is 0.494 e. The summed E-state index contributed by atoms with van der Waals surface area (Å²) in [6.45, 7) is 2.79. The van der Waals surface area contributed by atoms with Crippen LogP contribution in [0.4, 0.5) is 0 Å². The molecule has 0 aliphatic rings. The van der Waals surface area contributed by atoms with Gasteiger partial charge in [0.1, 0.15) is 5.75 Å². The van der Waals surface area contributed by atoms with E-state index in [0.29, 0.717) is 24.7 Å². The Bertz CT molecular complexity index is 754. The molecule has 24 heavy (non-hydrogen) atoms. The summed E-state index contributed by atoms with van der Waals surface area (Å²) >= 11 is 0. The van der Waals surface area contributed by atoms with Crippen LogP contribution >= 0.6 is 0 Å². The summed E-state index contributed by atoms with van der Waals surface area (Å²) in [5.41, 5.74) is 8.20. The molecule has 2 aromatic carbocycles. The van der Waals surface area contributed by atoms with E-state index in [-0.39, 0.29) is 6.04 Å². The molecule has 0 saturated carbocycles. The van der Waals surface area contributed by atoms with Crippen LogP contribution in [-0.2, 0) is 6.42 Å². The van der Waals surface area contributed by atoms with E-state index < -0.39 is 0 Å². The molecule has 0 saturated heterocycles. The average Bonchev–Trinajstić information content (AvgIpc) is 3.11. The fraction of sp³-hybridized carbons (Fsp3) is 0.263. The topological polar surface area (TPSA) is 74.2 Å². The second-order valence-electron chi connectivity index (χ2n) is 5.63. The minimum Gasteiger partial charge on any atom is -0.494 e. The zero-order valence-electron chi connectivity index (χ0n) is 13.7. The van der Waals surface area contributed by atoms with E-state index in [0.717, 1.165) is 23.3 Å². The molecule has 3 rings (SSSR count). The molecule has 0 aliphatic heterocycles. The fourth-order valence-corrected chi connectivity index (χ4v) is 2.38. The Hall–Kier alpha value is -2.66. The van der Waals surface area contributed by atoms with Crippen LogP contribution in [0.3, 0.4) is 0 Å². The summed E-state index contributed by atoms with van der Waals surface area (Å²) < 4.78 is 10.9. The molecule has 124 valence electrons. The second-order valence-corrected chi connectivity index (χ2v) is 5.63. The Balaban J connectivity index is 1.68. The van der Waals surface area contributed by atoms with Gasteiger partial charge in [0, 0.05) is 5.56 Å². The first-order chi connectivity index (χ1) is 11.8. The fourth-order valence-electron chi connectivity index (χ4n) is 2.38. The first kappa shape index (κ1) is 16.2. The van der Waals surface area contributed by atoms with Gasteiger partial charge in [0.15, 0.2) is 0 Å². The van der Waals surface area contributed by atoms with Gasteiger partial charge < -0.3 is 15.0 Å². The average molecular weight is 323 g/mol. The molecule has 3 aromatic rings. The lowest BCUT2D eigenvalue weighted by Gasteiger charge is -2.06. The molecule has 1 heterocycles. The Kier molecular flexibility index (Phi) is 5.23. The van der Waals surface area contributed by atoms with Crippen molar-refractivity contribution in [2.75, 3.05) is 6.61 Å². The quantitative estimate of drug-likeness (QED) is 0.716. The summed E-state index contributed by atoms with van der Waals surface area (Å²) in [6, 6.07) is 17.4. The molecule has 0 radical (unpaired) electrons. The number of hydrogen-bond donors (Lipinski definition) is 1. The summed E-state index contributed by atoms with van der Waals surface area (Å²) in [4.78, 5) is 4.42. The number of nitrogens with two attached hydrogens (primary N) is 1. The number of hydrogen-bond acceptors (Lipinski definition) is 5. The number of rotatable bonds is 7. The molecule has 0 amide bonds. The van der Waals surface area contributed by atoms with Gasteiger partial charge in [0.25, 0.3) is 0 Å². The molecule has 1 unspecified atom stereocenters. The molecule has 1 atom stereocenters. The highest BCUT2D eigenvalue weighted by Crippen LogP contribution is 2.22. The summed E-state index contributed by atoms with van der Waals surface area (Å²) in [6.07, 6.45) is 1.64. The van der Waals surface area contributed by atoms with E-state index in [4.69, 9.17) is 15.0 Å². The predicted octanol–water partition coefficient (Wildman–Crippen LogP) is 3.77. The van der Waals surface area contributed by atoms with Crippen molar-refractivity contribution in [1.82, 2.24) is 10.1 Å². The van der Waals surface area contributed by atoms with Crippen molar-refractivity contribution in [2.24, 2.45) is 5.73 Å². The van der Waals surface area contributed by atoms with E-state index >= 15 is 0 Å². The van der Waals surface area contributed by atoms with Crippen molar-refractivity contribution < 1.29 is 9.26 Å². The summed E-state index contributed by atoms with van der Waals surface area (Å²) in [7, 11) is 0. The minimum atomic E-state index is -0.319. The van der Waals surface area contributed by atoms with Gasteiger partial charge in [-0.05, 0) is 42.7 Å². The van der Waals surface area contributed by atoms with Crippen molar-refractivity contribution >= 4 is 0 Å². The molecular formula is C19H21N3O2.